The molecule has 5 N–H and O–H groups in total. The highest BCUT2D eigenvalue weighted by atomic mass is 32.2. The van der Waals surface area contributed by atoms with Crippen LogP contribution in [0.15, 0.2) is 0 Å². The van der Waals surface area contributed by atoms with Crippen molar-refractivity contribution >= 4 is 23.8 Å². The third kappa shape index (κ3) is 4.76. The molecule has 2 rings (SSSR count). The number of thioether (sulfide) groups is 1. The minimum atomic E-state index is -1.10. The van der Waals surface area contributed by atoms with Gasteiger partial charge in [0.2, 0.25) is 0 Å². The van der Waals surface area contributed by atoms with Crippen LogP contribution in [0.2, 0.25) is 0 Å². The molecule has 0 aromatic rings. The third-order valence-corrected chi connectivity index (χ3v) is 6.46. The van der Waals surface area contributed by atoms with Gasteiger partial charge in [0, 0.05) is 11.0 Å². The third-order valence-electron chi connectivity index (χ3n) is 4.95. The Labute approximate surface area is 142 Å². The lowest BCUT2D eigenvalue weighted by atomic mass is 9.87. The van der Waals surface area contributed by atoms with Gasteiger partial charge >= 0.3 is 12.0 Å². The fourth-order valence-electron chi connectivity index (χ4n) is 3.47. The van der Waals surface area contributed by atoms with Crippen LogP contribution in [0.5, 0.6) is 0 Å². The summed E-state index contributed by atoms with van der Waals surface area (Å²) in [4.78, 5) is 22.9. The number of fused-ring (bicyclic) bond motifs is 1. The van der Waals surface area contributed by atoms with Crippen molar-refractivity contribution in [2.24, 2.45) is 5.73 Å². The van der Waals surface area contributed by atoms with Crippen molar-refractivity contribution < 1.29 is 14.7 Å². The van der Waals surface area contributed by atoms with E-state index >= 15 is 0 Å². The summed E-state index contributed by atoms with van der Waals surface area (Å²) in [5, 5.41) is 15.7. The molecule has 1 unspecified atom stereocenters. The van der Waals surface area contributed by atoms with Crippen molar-refractivity contribution in [3.63, 3.8) is 0 Å². The molecule has 0 spiro atoms. The fraction of sp³-hybridized carbons (Fsp3) is 0.875. The lowest BCUT2D eigenvalue weighted by molar-refractivity contribution is -0.144. The number of nitrogens with two attached hydrogens (primary N) is 1. The summed E-state index contributed by atoms with van der Waals surface area (Å²) in [5.41, 5.74) is 5.04. The molecule has 2 aliphatic heterocycles. The van der Waals surface area contributed by atoms with E-state index in [0.717, 1.165) is 44.3 Å². The van der Waals surface area contributed by atoms with Gasteiger partial charge in [-0.3, -0.25) is 4.79 Å². The highest BCUT2D eigenvalue weighted by molar-refractivity contribution is 8.00. The molecule has 0 aromatic carbocycles. The largest absolute Gasteiger partial charge is 0.480 e. The summed E-state index contributed by atoms with van der Waals surface area (Å²) < 4.78 is 0. The number of aliphatic carboxylic acids is 1. The van der Waals surface area contributed by atoms with Gasteiger partial charge in [-0.25, -0.2) is 4.79 Å². The molecule has 23 heavy (non-hydrogen) atoms. The molecule has 0 aromatic heterocycles. The number of carboxylic acids is 1. The minimum Gasteiger partial charge on any atom is -0.480 e. The molecule has 2 saturated heterocycles. The van der Waals surface area contributed by atoms with Crippen molar-refractivity contribution in [3.05, 3.63) is 0 Å². The Balaban J connectivity index is 1.75. The molecule has 0 radical (unpaired) electrons. The molecule has 132 valence electrons. The number of unbranched alkanes of at least 4 members (excludes halogenated alkanes) is 3. The lowest BCUT2D eigenvalue weighted by Gasteiger charge is -2.26. The maximum absolute atomic E-state index is 11.5. The molecule has 0 bridgehead atoms. The van der Waals surface area contributed by atoms with E-state index in [1.807, 2.05) is 11.8 Å². The quantitative estimate of drug-likeness (QED) is 0.359. The first-order valence-corrected chi connectivity index (χ1v) is 9.72. The topological polar surface area (TPSA) is 104 Å². The Morgan fingerprint density at radius 3 is 2.74 bits per heavy atom. The number of hydrogen-bond donors (Lipinski definition) is 4. The van der Waals surface area contributed by atoms with E-state index in [4.69, 9.17) is 5.73 Å². The number of urea groups is 1. The molecule has 6 nitrogen and oxygen atoms in total. The zero-order valence-corrected chi connectivity index (χ0v) is 14.7. The van der Waals surface area contributed by atoms with E-state index in [1.165, 1.54) is 0 Å². The maximum atomic E-state index is 11.5. The second-order valence-electron chi connectivity index (χ2n) is 6.79. The van der Waals surface area contributed by atoms with Crippen LogP contribution >= 0.6 is 11.8 Å². The zero-order valence-electron chi connectivity index (χ0n) is 13.8. The smallest absolute Gasteiger partial charge is 0.323 e. The Kier molecular flexibility index (Phi) is 6.59. The van der Waals surface area contributed by atoms with E-state index < -0.39 is 11.5 Å². The summed E-state index contributed by atoms with van der Waals surface area (Å²) >= 11 is 1.85. The second-order valence-corrected chi connectivity index (χ2v) is 8.06. The summed E-state index contributed by atoms with van der Waals surface area (Å²) in [6.45, 7) is 2.14. The molecule has 0 saturated carbocycles. The van der Waals surface area contributed by atoms with Gasteiger partial charge in [0.25, 0.3) is 0 Å². The van der Waals surface area contributed by atoms with Crippen molar-refractivity contribution in [2.45, 2.75) is 81.2 Å². The van der Waals surface area contributed by atoms with Crippen molar-refractivity contribution in [2.75, 3.05) is 5.75 Å². The van der Waals surface area contributed by atoms with Crippen LogP contribution in [-0.2, 0) is 4.79 Å². The van der Waals surface area contributed by atoms with E-state index in [9.17, 15) is 14.7 Å². The van der Waals surface area contributed by atoms with Gasteiger partial charge in [0.15, 0.2) is 0 Å². The summed E-state index contributed by atoms with van der Waals surface area (Å²) in [6, 6.07) is 0.308. The van der Waals surface area contributed by atoms with Gasteiger partial charge in [0.05, 0.1) is 12.1 Å². The molecule has 4 atom stereocenters. The molecule has 7 heteroatoms. The Bertz CT molecular complexity index is 435. The molecular formula is C16H29N3O3S. The number of carbonyl (C=O) groups excluding carboxylic acids is 1. The lowest BCUT2D eigenvalue weighted by Crippen LogP contribution is -2.48. The van der Waals surface area contributed by atoms with E-state index in [1.54, 1.807) is 0 Å². The number of carbonyl (C=O) groups is 2. The van der Waals surface area contributed by atoms with Crippen LogP contribution in [-0.4, -0.2) is 45.7 Å². The van der Waals surface area contributed by atoms with Crippen molar-refractivity contribution in [1.82, 2.24) is 10.6 Å². The van der Waals surface area contributed by atoms with Crippen LogP contribution in [0.1, 0.15) is 58.3 Å². The molecule has 2 amide bonds. The molecule has 2 aliphatic rings. The predicted molar refractivity (Wildman–Crippen MR) is 92.7 cm³/mol. The average Bonchev–Trinajstić information content (AvgIpc) is 3.03. The molecule has 2 heterocycles. The molecule has 0 aliphatic carbocycles. The van der Waals surface area contributed by atoms with Gasteiger partial charge in [-0.15, -0.1) is 0 Å². The van der Waals surface area contributed by atoms with Gasteiger partial charge < -0.3 is 21.5 Å². The summed E-state index contributed by atoms with van der Waals surface area (Å²) in [7, 11) is 0. The Morgan fingerprint density at radius 2 is 2.04 bits per heavy atom. The second kappa shape index (κ2) is 8.24. The number of amides is 2. The highest BCUT2D eigenvalue weighted by Crippen LogP contribution is 2.34. The van der Waals surface area contributed by atoms with Crippen molar-refractivity contribution in [1.29, 1.82) is 0 Å². The standard InChI is InChI=1S/C16H29N3O3S/c1-2-3-4-5-8-16(17,14(20)21)9-6-7-12-13-11(10-23-12)18-15(22)19-13/h11-13H,2-10,17H2,1H3,(H,20,21)(H2,18,19,22)/t11-,12-,13-,16?/m0/s1. The maximum Gasteiger partial charge on any atom is 0.323 e. The molecular weight excluding hydrogens is 314 g/mol. The van der Waals surface area contributed by atoms with Gasteiger partial charge in [-0.1, -0.05) is 32.6 Å². The predicted octanol–water partition coefficient (Wildman–Crippen LogP) is 2.07. The fourth-order valence-corrected chi connectivity index (χ4v) is 5.01. The minimum absolute atomic E-state index is 0.0834. The Hall–Kier alpha value is -0.950. The summed E-state index contributed by atoms with van der Waals surface area (Å²) in [5.74, 6) is 0.0411. The zero-order chi connectivity index (χ0) is 16.9. The monoisotopic (exact) mass is 343 g/mol. The van der Waals surface area contributed by atoms with E-state index in [0.29, 0.717) is 18.1 Å². The first-order chi connectivity index (χ1) is 11.0. The first-order valence-electron chi connectivity index (χ1n) is 8.67. The van der Waals surface area contributed by atoms with Crippen LogP contribution in [0.3, 0.4) is 0 Å². The first kappa shape index (κ1) is 18.4. The van der Waals surface area contributed by atoms with E-state index in [2.05, 4.69) is 17.6 Å². The Morgan fingerprint density at radius 1 is 1.30 bits per heavy atom. The summed E-state index contributed by atoms with van der Waals surface area (Å²) in [6.07, 6.45) is 6.91. The number of nitrogens with one attached hydrogen (secondary N) is 2. The number of rotatable bonds is 10. The number of hydrogen-bond acceptors (Lipinski definition) is 4. The average molecular weight is 343 g/mol. The van der Waals surface area contributed by atoms with Crippen LogP contribution < -0.4 is 16.4 Å². The van der Waals surface area contributed by atoms with Crippen LogP contribution in [0.25, 0.3) is 0 Å². The highest BCUT2D eigenvalue weighted by Gasteiger charge is 2.43. The van der Waals surface area contributed by atoms with Crippen LogP contribution in [0, 0.1) is 0 Å². The number of carboxylic acid groups (broad SMARTS) is 1. The SMILES string of the molecule is CCCCCCC(N)(CCC[C@@H]1SC[C@@H]2NC(=O)N[C@@H]21)C(=O)O. The normalized spacial score (nSPS) is 28.8. The van der Waals surface area contributed by atoms with Crippen molar-refractivity contribution in [3.8, 4) is 0 Å². The van der Waals surface area contributed by atoms with Gasteiger partial charge in [0.1, 0.15) is 5.54 Å². The molecule has 2 fully saturated rings. The van der Waals surface area contributed by atoms with Gasteiger partial charge in [-0.05, 0) is 25.7 Å². The van der Waals surface area contributed by atoms with Crippen LogP contribution in [0.4, 0.5) is 4.79 Å². The van der Waals surface area contributed by atoms with E-state index in [-0.39, 0.29) is 18.1 Å². The van der Waals surface area contributed by atoms with Gasteiger partial charge in [-0.2, -0.15) is 11.8 Å².